The standard InChI is InChI=1S/C23H34N4O3/c1-18-5-4-6-19(15-18)21(28)26-11-8-23(9-12-26)17-27(22(29)30-23)14-13-25-10-7-20(16-25)24(2)3/h4-6,15,20H,7-14,16-17H2,1-3H3. The minimum Gasteiger partial charge on any atom is -0.441 e. The number of rotatable bonds is 5. The minimum atomic E-state index is -0.433. The monoisotopic (exact) mass is 414 g/mol. The van der Waals surface area contributed by atoms with E-state index in [2.05, 4.69) is 23.9 Å². The summed E-state index contributed by atoms with van der Waals surface area (Å²) in [6, 6.07) is 8.33. The van der Waals surface area contributed by atoms with Gasteiger partial charge >= 0.3 is 6.09 Å². The maximum absolute atomic E-state index is 12.8. The molecule has 1 aromatic rings. The van der Waals surface area contributed by atoms with E-state index in [0.717, 1.165) is 30.8 Å². The van der Waals surface area contributed by atoms with Gasteiger partial charge in [0.2, 0.25) is 0 Å². The lowest BCUT2D eigenvalue weighted by Gasteiger charge is -2.37. The third kappa shape index (κ3) is 4.47. The van der Waals surface area contributed by atoms with Gasteiger partial charge in [-0.2, -0.15) is 0 Å². The van der Waals surface area contributed by atoms with Gasteiger partial charge in [-0.15, -0.1) is 0 Å². The van der Waals surface area contributed by atoms with Crippen molar-refractivity contribution < 1.29 is 14.3 Å². The largest absolute Gasteiger partial charge is 0.441 e. The van der Waals surface area contributed by atoms with E-state index in [1.807, 2.05) is 41.0 Å². The number of nitrogens with zero attached hydrogens (tertiary/aromatic N) is 4. The molecule has 0 saturated carbocycles. The molecule has 2 amide bonds. The second-order valence-electron chi connectivity index (χ2n) is 9.34. The Kier molecular flexibility index (Phi) is 6.02. The predicted molar refractivity (Wildman–Crippen MR) is 116 cm³/mol. The molecular weight excluding hydrogens is 380 g/mol. The molecule has 3 fully saturated rings. The number of benzene rings is 1. The average Bonchev–Trinajstić information content (AvgIpc) is 3.31. The first-order valence-corrected chi connectivity index (χ1v) is 11.1. The highest BCUT2D eigenvalue weighted by Gasteiger charge is 2.47. The summed E-state index contributed by atoms with van der Waals surface area (Å²) in [6.45, 7) is 7.67. The van der Waals surface area contributed by atoms with Crippen LogP contribution in [-0.2, 0) is 4.74 Å². The topological polar surface area (TPSA) is 56.3 Å². The van der Waals surface area contributed by atoms with Crippen molar-refractivity contribution in [1.29, 1.82) is 0 Å². The smallest absolute Gasteiger partial charge is 0.410 e. The molecule has 1 unspecified atom stereocenters. The Balaban J connectivity index is 1.27. The first-order chi connectivity index (χ1) is 14.3. The predicted octanol–water partition coefficient (Wildman–Crippen LogP) is 2.06. The lowest BCUT2D eigenvalue weighted by Crippen LogP contribution is -2.49. The van der Waals surface area contributed by atoms with Gasteiger partial charge in [-0.05, 0) is 46.1 Å². The van der Waals surface area contributed by atoms with Crippen LogP contribution in [0.1, 0.15) is 35.2 Å². The Morgan fingerprint density at radius 1 is 1.20 bits per heavy atom. The molecule has 7 nitrogen and oxygen atoms in total. The van der Waals surface area contributed by atoms with Gasteiger partial charge in [-0.3, -0.25) is 9.69 Å². The van der Waals surface area contributed by atoms with E-state index in [9.17, 15) is 9.59 Å². The molecule has 4 rings (SSSR count). The average molecular weight is 415 g/mol. The molecule has 0 N–H and O–H groups in total. The summed E-state index contributed by atoms with van der Waals surface area (Å²) in [5, 5.41) is 0. The van der Waals surface area contributed by atoms with Crippen molar-refractivity contribution in [3.8, 4) is 0 Å². The number of hydrogen-bond donors (Lipinski definition) is 0. The van der Waals surface area contributed by atoms with Gasteiger partial charge in [0.1, 0.15) is 5.60 Å². The van der Waals surface area contributed by atoms with Gasteiger partial charge < -0.3 is 19.4 Å². The van der Waals surface area contributed by atoms with E-state index < -0.39 is 5.60 Å². The number of hydrogen-bond acceptors (Lipinski definition) is 5. The summed E-state index contributed by atoms with van der Waals surface area (Å²) in [4.78, 5) is 33.8. The van der Waals surface area contributed by atoms with Crippen molar-refractivity contribution in [2.24, 2.45) is 0 Å². The molecule has 1 aromatic carbocycles. The quantitative estimate of drug-likeness (QED) is 0.738. The first kappa shape index (κ1) is 21.1. The molecule has 0 aromatic heterocycles. The maximum Gasteiger partial charge on any atom is 0.410 e. The van der Waals surface area contributed by atoms with Crippen molar-refractivity contribution in [2.45, 2.75) is 37.8 Å². The van der Waals surface area contributed by atoms with Gasteiger partial charge in [-0.25, -0.2) is 4.79 Å². The third-order valence-electron chi connectivity index (χ3n) is 6.93. The zero-order valence-corrected chi connectivity index (χ0v) is 18.5. The molecule has 3 saturated heterocycles. The number of aryl methyl sites for hydroxylation is 1. The van der Waals surface area contributed by atoms with E-state index in [1.165, 1.54) is 6.42 Å². The van der Waals surface area contributed by atoms with Crippen LogP contribution in [-0.4, -0.2) is 103 Å². The van der Waals surface area contributed by atoms with Crippen molar-refractivity contribution in [2.75, 3.05) is 59.9 Å². The minimum absolute atomic E-state index is 0.0687. The molecule has 30 heavy (non-hydrogen) atoms. The Labute approximate surface area is 179 Å². The van der Waals surface area contributed by atoms with Crippen LogP contribution < -0.4 is 0 Å². The molecule has 0 bridgehead atoms. The number of ether oxygens (including phenoxy) is 1. The van der Waals surface area contributed by atoms with Crippen LogP contribution in [0.3, 0.4) is 0 Å². The highest BCUT2D eigenvalue weighted by Crippen LogP contribution is 2.33. The van der Waals surface area contributed by atoms with E-state index >= 15 is 0 Å². The van der Waals surface area contributed by atoms with Crippen LogP contribution in [0.25, 0.3) is 0 Å². The molecule has 0 aliphatic carbocycles. The number of carbonyl (C=O) groups is 2. The number of likely N-dealkylation sites (tertiary alicyclic amines) is 2. The van der Waals surface area contributed by atoms with Gasteiger partial charge in [0.15, 0.2) is 0 Å². The number of piperidine rings is 1. The zero-order chi connectivity index (χ0) is 21.3. The Hall–Kier alpha value is -2.12. The maximum atomic E-state index is 12.8. The molecule has 7 heteroatoms. The van der Waals surface area contributed by atoms with Gasteiger partial charge in [-0.1, -0.05) is 17.7 Å². The highest BCUT2D eigenvalue weighted by molar-refractivity contribution is 5.94. The van der Waals surface area contributed by atoms with E-state index in [0.29, 0.717) is 45.1 Å². The number of amides is 2. The fraction of sp³-hybridized carbons (Fsp3) is 0.652. The van der Waals surface area contributed by atoms with E-state index in [1.54, 1.807) is 0 Å². The van der Waals surface area contributed by atoms with Crippen LogP contribution in [0.15, 0.2) is 24.3 Å². The van der Waals surface area contributed by atoms with Crippen molar-refractivity contribution in [1.82, 2.24) is 19.6 Å². The summed E-state index contributed by atoms with van der Waals surface area (Å²) in [5.74, 6) is 0.0687. The van der Waals surface area contributed by atoms with Crippen LogP contribution in [0.2, 0.25) is 0 Å². The summed E-state index contributed by atoms with van der Waals surface area (Å²) in [6.07, 6.45) is 2.40. The van der Waals surface area contributed by atoms with Crippen LogP contribution in [0, 0.1) is 6.92 Å². The summed E-state index contributed by atoms with van der Waals surface area (Å²) in [7, 11) is 4.26. The molecule has 0 radical (unpaired) electrons. The van der Waals surface area contributed by atoms with Crippen molar-refractivity contribution in [3.63, 3.8) is 0 Å². The second kappa shape index (κ2) is 8.55. The summed E-state index contributed by atoms with van der Waals surface area (Å²) in [5.41, 5.74) is 1.39. The van der Waals surface area contributed by atoms with Crippen molar-refractivity contribution in [3.05, 3.63) is 35.4 Å². The molecule has 1 spiro atoms. The summed E-state index contributed by atoms with van der Waals surface area (Å²) < 4.78 is 5.85. The SMILES string of the molecule is Cc1cccc(C(=O)N2CCC3(CC2)CN(CCN2CCC(N(C)C)C2)C(=O)O3)c1. The Morgan fingerprint density at radius 3 is 2.63 bits per heavy atom. The van der Waals surface area contributed by atoms with E-state index in [-0.39, 0.29) is 12.0 Å². The lowest BCUT2D eigenvalue weighted by molar-refractivity contribution is 0.00312. The van der Waals surface area contributed by atoms with Gasteiger partial charge in [0, 0.05) is 57.2 Å². The summed E-state index contributed by atoms with van der Waals surface area (Å²) >= 11 is 0. The highest BCUT2D eigenvalue weighted by atomic mass is 16.6. The molecule has 3 aliphatic heterocycles. The number of likely N-dealkylation sites (N-methyl/N-ethyl adjacent to an activating group) is 1. The third-order valence-corrected chi connectivity index (χ3v) is 6.93. The van der Waals surface area contributed by atoms with Crippen LogP contribution in [0.4, 0.5) is 4.79 Å². The molecule has 1 atom stereocenters. The van der Waals surface area contributed by atoms with Crippen LogP contribution in [0.5, 0.6) is 0 Å². The fourth-order valence-corrected chi connectivity index (χ4v) is 4.90. The van der Waals surface area contributed by atoms with E-state index in [4.69, 9.17) is 4.74 Å². The Morgan fingerprint density at radius 2 is 1.97 bits per heavy atom. The normalized spacial score (nSPS) is 24.1. The molecule has 3 aliphatic rings. The molecular formula is C23H34N4O3. The van der Waals surface area contributed by atoms with Crippen molar-refractivity contribution >= 4 is 12.0 Å². The lowest BCUT2D eigenvalue weighted by atomic mass is 9.91. The number of carbonyl (C=O) groups excluding carboxylic acids is 2. The van der Waals surface area contributed by atoms with Gasteiger partial charge in [0.25, 0.3) is 5.91 Å². The first-order valence-electron chi connectivity index (χ1n) is 11.1. The van der Waals surface area contributed by atoms with Crippen LogP contribution >= 0.6 is 0 Å². The molecule has 164 valence electrons. The molecule has 3 heterocycles. The fourth-order valence-electron chi connectivity index (χ4n) is 4.90. The second-order valence-corrected chi connectivity index (χ2v) is 9.34. The Bertz CT molecular complexity index is 788. The zero-order valence-electron chi connectivity index (χ0n) is 18.5. The van der Waals surface area contributed by atoms with Gasteiger partial charge in [0.05, 0.1) is 6.54 Å².